The van der Waals surface area contributed by atoms with Crippen molar-refractivity contribution in [3.8, 4) is 12.1 Å². The molecule has 1 aromatic heterocycles. The number of nitrogens with zero attached hydrogens (tertiary/aromatic N) is 6. The molecule has 3 heterocycles. The van der Waals surface area contributed by atoms with Crippen LogP contribution in [0.2, 0.25) is 0 Å². The summed E-state index contributed by atoms with van der Waals surface area (Å²) < 4.78 is 20.0. The molecule has 9 nitrogen and oxygen atoms in total. The van der Waals surface area contributed by atoms with E-state index in [9.17, 15) is 19.2 Å². The Bertz CT molecular complexity index is 1490. The number of piperazine rings is 1. The Kier molecular flexibility index (Phi) is 7.94. The molecule has 4 aliphatic rings. The lowest BCUT2D eigenvalue weighted by Gasteiger charge is -2.44. The maximum atomic E-state index is 14.5. The van der Waals surface area contributed by atoms with Crippen LogP contribution in [0.15, 0.2) is 36.7 Å². The Morgan fingerprint density at radius 3 is 2.79 bits per heavy atom. The molecule has 4 unspecified atom stereocenters. The number of halogens is 1. The van der Waals surface area contributed by atoms with Crippen LogP contribution in [-0.2, 0) is 17.6 Å². The molecule has 1 amide bonds. The second kappa shape index (κ2) is 11.7. The third-order valence-electron chi connectivity index (χ3n) is 10.0. The highest BCUT2D eigenvalue weighted by Gasteiger charge is 2.48. The largest absolute Gasteiger partial charge is 0.462 e. The molecular formula is C33H39FN6O3. The first-order valence-corrected chi connectivity index (χ1v) is 15.3. The van der Waals surface area contributed by atoms with Crippen molar-refractivity contribution in [3.05, 3.63) is 59.1 Å². The fourth-order valence-corrected chi connectivity index (χ4v) is 7.71. The van der Waals surface area contributed by atoms with Crippen molar-refractivity contribution >= 4 is 17.5 Å². The molecule has 10 heteroatoms. The molecule has 0 bridgehead atoms. The molecule has 43 heavy (non-hydrogen) atoms. The average Bonchev–Trinajstić information content (AvgIpc) is 3.42. The van der Waals surface area contributed by atoms with Crippen LogP contribution < -0.4 is 9.64 Å². The zero-order chi connectivity index (χ0) is 30.3. The lowest BCUT2D eigenvalue weighted by atomic mass is 9.60. The van der Waals surface area contributed by atoms with Gasteiger partial charge in [0.15, 0.2) is 11.6 Å². The van der Waals surface area contributed by atoms with Gasteiger partial charge in [-0.25, -0.2) is 4.39 Å². The van der Waals surface area contributed by atoms with Gasteiger partial charge in [-0.2, -0.15) is 15.2 Å². The third-order valence-corrected chi connectivity index (χ3v) is 10.0. The molecule has 2 aliphatic heterocycles. The van der Waals surface area contributed by atoms with Crippen molar-refractivity contribution in [2.75, 3.05) is 44.7 Å². The number of carbonyl (C=O) groups excluding carboxylic acids is 2. The number of benzene rings is 1. The number of Topliss-reactive ketones (excluding diaryl/α,β-unsaturated/α-hetero) is 1. The van der Waals surface area contributed by atoms with Gasteiger partial charge in [0.2, 0.25) is 0 Å². The number of hydrogen-bond donors (Lipinski definition) is 0. The summed E-state index contributed by atoms with van der Waals surface area (Å²) in [6.07, 6.45) is 4.97. The molecule has 2 aliphatic carbocycles. The number of ether oxygens (including phenoxy) is 1. The normalized spacial score (nSPS) is 27.0. The van der Waals surface area contributed by atoms with E-state index in [2.05, 4.69) is 49.7 Å². The second-order valence-corrected chi connectivity index (χ2v) is 12.7. The lowest BCUT2D eigenvalue weighted by Crippen LogP contribution is -2.56. The number of fused-ring (bicyclic) bond motifs is 2. The fraction of sp³-hybridized carbons (Fsp3) is 0.545. The van der Waals surface area contributed by atoms with Gasteiger partial charge >= 0.3 is 6.01 Å². The van der Waals surface area contributed by atoms with E-state index in [0.717, 1.165) is 31.4 Å². The summed E-state index contributed by atoms with van der Waals surface area (Å²) in [7, 11) is 2.08. The van der Waals surface area contributed by atoms with Crippen LogP contribution in [0.3, 0.4) is 0 Å². The second-order valence-electron chi connectivity index (χ2n) is 12.7. The van der Waals surface area contributed by atoms with Crippen molar-refractivity contribution < 1.29 is 18.7 Å². The molecule has 226 valence electrons. The van der Waals surface area contributed by atoms with Gasteiger partial charge in [0.1, 0.15) is 18.1 Å². The van der Waals surface area contributed by atoms with Crippen molar-refractivity contribution in [2.45, 2.75) is 69.9 Å². The van der Waals surface area contributed by atoms with Gasteiger partial charge < -0.3 is 19.4 Å². The van der Waals surface area contributed by atoms with Gasteiger partial charge in [-0.1, -0.05) is 37.8 Å². The number of carbonyl (C=O) groups is 2. The minimum atomic E-state index is -1.04. The minimum Gasteiger partial charge on any atom is -0.462 e. The van der Waals surface area contributed by atoms with Gasteiger partial charge in [0.25, 0.3) is 5.91 Å². The molecule has 4 atom stereocenters. The summed E-state index contributed by atoms with van der Waals surface area (Å²) >= 11 is 0. The molecular weight excluding hydrogens is 547 g/mol. The highest BCUT2D eigenvalue weighted by atomic mass is 19.1. The molecule has 0 saturated carbocycles. The van der Waals surface area contributed by atoms with E-state index in [1.54, 1.807) is 0 Å². The summed E-state index contributed by atoms with van der Waals surface area (Å²) in [6, 6.07) is 10.4. The monoisotopic (exact) mass is 586 g/mol. The molecule has 2 fully saturated rings. The standard InChI is InChI=1S/C33H39FN6O3/c1-21-17-33(18-23-7-4-5-9-26(21)23)12-10-27-28(29(33)41)36-32(43-20-25-8-6-14-38(25)3)37-30(27)39-15-16-40(31(42)22(2)34)24(19-39)11-13-35/h4-5,7,9,21,24-25H,2,6,8,10-12,14-20H2,1,3H3. The van der Waals surface area contributed by atoms with Crippen molar-refractivity contribution in [2.24, 2.45) is 5.41 Å². The summed E-state index contributed by atoms with van der Waals surface area (Å²) in [6.45, 7) is 7.67. The highest BCUT2D eigenvalue weighted by Crippen LogP contribution is 2.50. The van der Waals surface area contributed by atoms with Crippen LogP contribution in [0.4, 0.5) is 10.2 Å². The number of likely N-dealkylation sites (N-methyl/N-ethyl adjacent to an activating group) is 1. The predicted octanol–water partition coefficient (Wildman–Crippen LogP) is 4.23. The van der Waals surface area contributed by atoms with E-state index in [-0.39, 0.29) is 43.3 Å². The van der Waals surface area contributed by atoms with Crippen LogP contribution in [0, 0.1) is 16.7 Å². The van der Waals surface area contributed by atoms with Gasteiger partial charge in [-0.15, -0.1) is 0 Å². The first-order chi connectivity index (χ1) is 20.7. The zero-order valence-corrected chi connectivity index (χ0v) is 25.0. The number of aromatic nitrogens is 2. The van der Waals surface area contributed by atoms with Gasteiger partial charge in [-0.3, -0.25) is 9.59 Å². The topological polar surface area (TPSA) is 103 Å². The van der Waals surface area contributed by atoms with E-state index >= 15 is 0 Å². The number of likely N-dealkylation sites (tertiary alicyclic amines) is 1. The van der Waals surface area contributed by atoms with E-state index in [1.165, 1.54) is 16.0 Å². The summed E-state index contributed by atoms with van der Waals surface area (Å²) in [5.41, 5.74) is 3.21. The Hall–Kier alpha value is -3.84. The SMILES string of the molecule is C=C(F)C(=O)N1CCN(c2nc(OCC3CCCN3C)nc3c2CCC2(Cc4ccccc4C(C)C2)C3=O)CC1CC#N. The number of rotatable bonds is 6. The molecule has 2 saturated heterocycles. The molecule has 1 spiro atoms. The van der Waals surface area contributed by atoms with Gasteiger partial charge in [0.05, 0.1) is 18.5 Å². The highest BCUT2D eigenvalue weighted by molar-refractivity contribution is 6.02. The minimum absolute atomic E-state index is 0.0395. The number of amides is 1. The van der Waals surface area contributed by atoms with Crippen LogP contribution in [0.1, 0.15) is 72.1 Å². The molecule has 6 rings (SSSR count). The van der Waals surface area contributed by atoms with Crippen LogP contribution >= 0.6 is 0 Å². The van der Waals surface area contributed by atoms with Gasteiger partial charge in [-0.05, 0) is 69.2 Å². The quantitative estimate of drug-likeness (QED) is 0.464. The van der Waals surface area contributed by atoms with E-state index < -0.39 is 23.2 Å². The Balaban J connectivity index is 1.35. The number of hydrogen-bond acceptors (Lipinski definition) is 8. The number of nitriles is 1. The molecule has 0 radical (unpaired) electrons. The van der Waals surface area contributed by atoms with Crippen molar-refractivity contribution in [1.82, 2.24) is 19.8 Å². The van der Waals surface area contributed by atoms with Crippen molar-refractivity contribution in [1.29, 1.82) is 5.26 Å². The van der Waals surface area contributed by atoms with Crippen LogP contribution in [0.5, 0.6) is 6.01 Å². The van der Waals surface area contributed by atoms with E-state index in [0.29, 0.717) is 43.9 Å². The molecule has 0 N–H and O–H groups in total. The number of anilines is 1. The summed E-state index contributed by atoms with van der Waals surface area (Å²) in [4.78, 5) is 42.3. The maximum absolute atomic E-state index is 14.5. The smallest absolute Gasteiger partial charge is 0.319 e. The summed E-state index contributed by atoms with van der Waals surface area (Å²) in [5.74, 6) is -0.923. The Morgan fingerprint density at radius 1 is 1.23 bits per heavy atom. The fourth-order valence-electron chi connectivity index (χ4n) is 7.71. The van der Waals surface area contributed by atoms with Crippen LogP contribution in [0.25, 0.3) is 0 Å². The molecule has 2 aromatic rings. The maximum Gasteiger partial charge on any atom is 0.319 e. The third kappa shape index (κ3) is 5.40. The molecule has 1 aromatic carbocycles. The van der Waals surface area contributed by atoms with E-state index in [4.69, 9.17) is 14.7 Å². The van der Waals surface area contributed by atoms with Gasteiger partial charge in [0, 0.05) is 36.7 Å². The van der Waals surface area contributed by atoms with Crippen molar-refractivity contribution in [3.63, 3.8) is 0 Å². The Labute approximate surface area is 252 Å². The first-order valence-electron chi connectivity index (χ1n) is 15.3. The predicted molar refractivity (Wildman–Crippen MR) is 160 cm³/mol. The number of ketones is 1. The lowest BCUT2D eigenvalue weighted by molar-refractivity contribution is -0.131. The summed E-state index contributed by atoms with van der Waals surface area (Å²) in [5, 5.41) is 9.49. The van der Waals surface area contributed by atoms with Crippen LogP contribution in [-0.4, -0.2) is 83.4 Å². The Morgan fingerprint density at radius 2 is 2.05 bits per heavy atom. The average molecular weight is 587 g/mol. The first kappa shape index (κ1) is 29.2. The van der Waals surface area contributed by atoms with E-state index in [1.807, 2.05) is 11.0 Å². The zero-order valence-electron chi connectivity index (χ0n) is 25.0.